The molecule has 0 aliphatic rings. The fraction of sp³-hybridized carbons (Fsp3) is 0.353. The molecule has 1 aromatic carbocycles. The van der Waals surface area contributed by atoms with E-state index < -0.39 is 6.10 Å². The third-order valence-electron chi connectivity index (χ3n) is 3.44. The van der Waals surface area contributed by atoms with E-state index >= 15 is 0 Å². The Morgan fingerprint density at radius 1 is 1.19 bits per heavy atom. The van der Waals surface area contributed by atoms with Gasteiger partial charge in [0, 0.05) is 18.8 Å². The van der Waals surface area contributed by atoms with Gasteiger partial charge in [0.1, 0.15) is 5.82 Å². The van der Waals surface area contributed by atoms with Gasteiger partial charge in [0.15, 0.2) is 0 Å². The number of aryl methyl sites for hydroxylation is 1. The van der Waals surface area contributed by atoms with Crippen LogP contribution in [0.4, 0.5) is 4.39 Å². The highest BCUT2D eigenvalue weighted by atomic mass is 19.1. The number of nitrogens with one attached hydrogen (secondary N) is 1. The quantitative estimate of drug-likeness (QED) is 0.858. The van der Waals surface area contributed by atoms with E-state index in [-0.39, 0.29) is 11.9 Å². The molecule has 2 N–H and O–H groups in total. The molecule has 1 heterocycles. The second-order valence-corrected chi connectivity index (χ2v) is 5.41. The lowest BCUT2D eigenvalue weighted by molar-refractivity contribution is 0.153. The van der Waals surface area contributed by atoms with Gasteiger partial charge in [0.25, 0.3) is 0 Å². The Kier molecular flexibility index (Phi) is 5.42. The molecule has 0 saturated heterocycles. The van der Waals surface area contributed by atoms with Crippen LogP contribution in [0, 0.1) is 12.7 Å². The minimum Gasteiger partial charge on any atom is -0.388 e. The third kappa shape index (κ3) is 4.92. The van der Waals surface area contributed by atoms with Crippen molar-refractivity contribution in [2.75, 3.05) is 0 Å². The molecule has 2 aromatic rings. The predicted molar refractivity (Wildman–Crippen MR) is 81.3 cm³/mol. The first kappa shape index (κ1) is 15.6. The Morgan fingerprint density at radius 3 is 2.52 bits per heavy atom. The van der Waals surface area contributed by atoms with E-state index in [0.29, 0.717) is 13.0 Å². The van der Waals surface area contributed by atoms with Gasteiger partial charge in [-0.2, -0.15) is 0 Å². The molecule has 0 amide bonds. The second-order valence-electron chi connectivity index (χ2n) is 5.41. The maximum Gasteiger partial charge on any atom is 0.123 e. The first-order valence-corrected chi connectivity index (χ1v) is 7.13. The third-order valence-corrected chi connectivity index (χ3v) is 3.44. The van der Waals surface area contributed by atoms with Crippen LogP contribution in [0.5, 0.6) is 0 Å². The number of aliphatic hydroxyl groups excluding tert-OH is 1. The van der Waals surface area contributed by atoms with Gasteiger partial charge < -0.3 is 10.4 Å². The first-order valence-electron chi connectivity index (χ1n) is 7.13. The molecule has 112 valence electrons. The van der Waals surface area contributed by atoms with Crippen LogP contribution in [0.2, 0.25) is 0 Å². The summed E-state index contributed by atoms with van der Waals surface area (Å²) >= 11 is 0. The van der Waals surface area contributed by atoms with Gasteiger partial charge in [0.05, 0.1) is 11.8 Å². The summed E-state index contributed by atoms with van der Waals surface area (Å²) in [6, 6.07) is 10.1. The van der Waals surface area contributed by atoms with Crippen molar-refractivity contribution in [2.45, 2.75) is 39.0 Å². The summed E-state index contributed by atoms with van der Waals surface area (Å²) in [6.07, 6.45) is 1.81. The van der Waals surface area contributed by atoms with Crippen LogP contribution in [0.3, 0.4) is 0 Å². The van der Waals surface area contributed by atoms with Crippen molar-refractivity contribution in [1.82, 2.24) is 10.3 Å². The lowest BCUT2D eigenvalue weighted by Gasteiger charge is -2.18. The lowest BCUT2D eigenvalue weighted by atomic mass is 10.0. The molecule has 0 bridgehead atoms. The molecule has 0 saturated carbocycles. The summed E-state index contributed by atoms with van der Waals surface area (Å²) in [5.41, 5.74) is 2.85. The maximum atomic E-state index is 12.8. The van der Waals surface area contributed by atoms with Crippen molar-refractivity contribution in [2.24, 2.45) is 0 Å². The molecule has 0 radical (unpaired) electrons. The highest BCUT2D eigenvalue weighted by Crippen LogP contribution is 2.18. The number of aliphatic hydroxyl groups is 1. The van der Waals surface area contributed by atoms with Crippen LogP contribution >= 0.6 is 0 Å². The average Bonchev–Trinajstić information content (AvgIpc) is 2.47. The van der Waals surface area contributed by atoms with Gasteiger partial charge in [-0.05, 0) is 49.6 Å². The molecule has 0 unspecified atom stereocenters. The van der Waals surface area contributed by atoms with Crippen molar-refractivity contribution in [3.8, 4) is 0 Å². The summed E-state index contributed by atoms with van der Waals surface area (Å²) in [6.45, 7) is 4.68. The lowest BCUT2D eigenvalue weighted by Crippen LogP contribution is -2.27. The Bertz CT molecular complexity index is 554. The van der Waals surface area contributed by atoms with Crippen molar-refractivity contribution in [3.63, 3.8) is 0 Å². The topological polar surface area (TPSA) is 45.1 Å². The monoisotopic (exact) mass is 288 g/mol. The fourth-order valence-electron chi connectivity index (χ4n) is 2.12. The van der Waals surface area contributed by atoms with E-state index in [1.807, 2.05) is 32.2 Å². The molecule has 3 nitrogen and oxygen atoms in total. The summed E-state index contributed by atoms with van der Waals surface area (Å²) in [5, 5.41) is 13.5. The molecule has 1 aromatic heterocycles. The number of hydrogen-bond donors (Lipinski definition) is 2. The van der Waals surface area contributed by atoms with Crippen LogP contribution in [-0.2, 0) is 6.54 Å². The van der Waals surface area contributed by atoms with Crippen molar-refractivity contribution < 1.29 is 9.50 Å². The minimum absolute atomic E-state index is 0.133. The zero-order chi connectivity index (χ0) is 15.2. The number of rotatable bonds is 6. The number of benzene rings is 1. The molecular formula is C17H21FN2O. The van der Waals surface area contributed by atoms with E-state index in [1.165, 1.54) is 12.1 Å². The van der Waals surface area contributed by atoms with Crippen molar-refractivity contribution in [1.29, 1.82) is 0 Å². The van der Waals surface area contributed by atoms with E-state index in [1.54, 1.807) is 12.1 Å². The van der Waals surface area contributed by atoms with Gasteiger partial charge in [0.2, 0.25) is 0 Å². The van der Waals surface area contributed by atoms with Gasteiger partial charge in [-0.3, -0.25) is 4.98 Å². The van der Waals surface area contributed by atoms with Crippen LogP contribution in [-0.4, -0.2) is 16.1 Å². The Labute approximate surface area is 124 Å². The Balaban J connectivity index is 1.82. The van der Waals surface area contributed by atoms with Gasteiger partial charge in [-0.15, -0.1) is 0 Å². The molecule has 21 heavy (non-hydrogen) atoms. The molecule has 0 fully saturated rings. The minimum atomic E-state index is -0.598. The van der Waals surface area contributed by atoms with E-state index in [9.17, 15) is 9.50 Å². The average molecular weight is 288 g/mol. The van der Waals surface area contributed by atoms with Crippen molar-refractivity contribution >= 4 is 0 Å². The van der Waals surface area contributed by atoms with Gasteiger partial charge >= 0.3 is 0 Å². The Hall–Kier alpha value is -1.78. The fourth-order valence-corrected chi connectivity index (χ4v) is 2.12. The Morgan fingerprint density at radius 2 is 1.90 bits per heavy atom. The maximum absolute atomic E-state index is 12.8. The van der Waals surface area contributed by atoms with Crippen LogP contribution in [0.25, 0.3) is 0 Å². The van der Waals surface area contributed by atoms with Crippen LogP contribution in [0.15, 0.2) is 42.6 Å². The summed E-state index contributed by atoms with van der Waals surface area (Å²) < 4.78 is 12.8. The largest absolute Gasteiger partial charge is 0.388 e. The highest BCUT2D eigenvalue weighted by molar-refractivity contribution is 5.18. The smallest absolute Gasteiger partial charge is 0.123 e. The number of nitrogens with zero attached hydrogens (tertiary/aromatic N) is 1. The van der Waals surface area contributed by atoms with E-state index in [4.69, 9.17) is 0 Å². The zero-order valence-corrected chi connectivity index (χ0v) is 12.4. The van der Waals surface area contributed by atoms with Crippen LogP contribution < -0.4 is 5.32 Å². The summed E-state index contributed by atoms with van der Waals surface area (Å²) in [7, 11) is 0. The zero-order valence-electron chi connectivity index (χ0n) is 12.4. The molecular weight excluding hydrogens is 267 g/mol. The molecule has 0 spiro atoms. The van der Waals surface area contributed by atoms with E-state index in [0.717, 1.165) is 16.8 Å². The molecule has 0 aliphatic heterocycles. The van der Waals surface area contributed by atoms with Crippen LogP contribution in [0.1, 0.15) is 36.3 Å². The number of aromatic nitrogens is 1. The molecule has 2 rings (SSSR count). The molecule has 2 atom stereocenters. The highest BCUT2D eigenvalue weighted by Gasteiger charge is 2.12. The summed E-state index contributed by atoms with van der Waals surface area (Å²) in [5.74, 6) is -0.289. The SMILES string of the molecule is Cc1ccc(CN[C@@H](C)C[C@H](O)c2ccc(F)cc2)nc1. The van der Waals surface area contributed by atoms with E-state index in [2.05, 4.69) is 10.3 Å². The van der Waals surface area contributed by atoms with Gasteiger partial charge in [-0.25, -0.2) is 4.39 Å². The van der Waals surface area contributed by atoms with Crippen molar-refractivity contribution in [3.05, 3.63) is 65.2 Å². The van der Waals surface area contributed by atoms with Gasteiger partial charge in [-0.1, -0.05) is 18.2 Å². The summed E-state index contributed by atoms with van der Waals surface area (Å²) in [4.78, 5) is 4.33. The predicted octanol–water partition coefficient (Wildman–Crippen LogP) is 3.13. The number of hydrogen-bond acceptors (Lipinski definition) is 3. The normalized spacial score (nSPS) is 13.9. The number of halogens is 1. The second kappa shape index (κ2) is 7.29. The number of pyridine rings is 1. The molecule has 0 aliphatic carbocycles. The first-order chi connectivity index (χ1) is 10.0. The molecule has 4 heteroatoms. The standard InChI is InChI=1S/C17H21FN2O/c1-12-3-8-16(20-10-12)11-19-13(2)9-17(21)14-4-6-15(18)7-5-14/h3-8,10,13,17,19,21H,9,11H2,1-2H3/t13-,17-/m0/s1.